The average Bonchev–Trinajstić information content (AvgIpc) is 2.65. The van der Waals surface area contributed by atoms with Crippen LogP contribution in [0.4, 0.5) is 5.69 Å². The van der Waals surface area contributed by atoms with Crippen LogP contribution in [0.2, 0.25) is 0 Å². The van der Waals surface area contributed by atoms with Crippen LogP contribution in [0.5, 0.6) is 0 Å². The number of amides is 1. The molecule has 19 heavy (non-hydrogen) atoms. The number of para-hydroxylation sites is 1. The minimum Gasteiger partial charge on any atom is -0.312 e. The molecule has 0 N–H and O–H groups in total. The summed E-state index contributed by atoms with van der Waals surface area (Å²) in [7, 11) is 0. The number of anilines is 1. The van der Waals surface area contributed by atoms with Crippen molar-refractivity contribution in [1.29, 1.82) is 0 Å². The number of nitrogens with zero attached hydrogens (tertiary/aromatic N) is 1. The highest BCUT2D eigenvalue weighted by Gasteiger charge is 2.51. The van der Waals surface area contributed by atoms with Gasteiger partial charge in [0, 0.05) is 18.7 Å². The van der Waals surface area contributed by atoms with E-state index in [1.54, 1.807) is 4.90 Å². The molecule has 0 radical (unpaired) electrons. The standard InChI is InChI=1S/C16H19NO2/c18-14-9-5-2-6-10-16(14)11-12-17(15(16)19)13-7-3-1-4-8-13/h1,3-4,7-8H,2,5-6,9-12H2. The Hall–Kier alpha value is -1.64. The number of carbonyl (C=O) groups excluding carboxylic acids is 2. The molecule has 3 heteroatoms. The van der Waals surface area contributed by atoms with Crippen LogP contribution in [0, 0.1) is 5.41 Å². The summed E-state index contributed by atoms with van der Waals surface area (Å²) < 4.78 is 0. The molecule has 3 nitrogen and oxygen atoms in total. The molecule has 1 spiro atoms. The number of ketones is 1. The number of benzene rings is 1. The lowest BCUT2D eigenvalue weighted by molar-refractivity contribution is -0.138. The number of Topliss-reactive ketones (excluding diaryl/α,β-unsaturated/α-hetero) is 1. The summed E-state index contributed by atoms with van der Waals surface area (Å²) in [6.07, 6.45) is 5.04. The first-order valence-electron chi connectivity index (χ1n) is 7.14. The summed E-state index contributed by atoms with van der Waals surface area (Å²) in [5.41, 5.74) is 0.216. The van der Waals surface area contributed by atoms with Gasteiger partial charge in [-0.15, -0.1) is 0 Å². The average molecular weight is 257 g/mol. The van der Waals surface area contributed by atoms with Gasteiger partial charge >= 0.3 is 0 Å². The molecule has 3 rings (SSSR count). The summed E-state index contributed by atoms with van der Waals surface area (Å²) in [4.78, 5) is 26.9. The monoisotopic (exact) mass is 257 g/mol. The van der Waals surface area contributed by atoms with Crippen molar-refractivity contribution < 1.29 is 9.59 Å². The van der Waals surface area contributed by atoms with Crippen molar-refractivity contribution in [2.45, 2.75) is 38.5 Å². The van der Waals surface area contributed by atoms with E-state index in [-0.39, 0.29) is 11.7 Å². The van der Waals surface area contributed by atoms with Crippen molar-refractivity contribution in [3.05, 3.63) is 30.3 Å². The van der Waals surface area contributed by atoms with Crippen LogP contribution >= 0.6 is 0 Å². The molecule has 0 bridgehead atoms. The third-order valence-electron chi connectivity index (χ3n) is 4.53. The Labute approximate surface area is 113 Å². The summed E-state index contributed by atoms with van der Waals surface area (Å²) in [5, 5.41) is 0. The van der Waals surface area contributed by atoms with Gasteiger partial charge in [0.1, 0.15) is 11.2 Å². The molecule has 1 aromatic carbocycles. The fourth-order valence-corrected chi connectivity index (χ4v) is 3.38. The predicted molar refractivity (Wildman–Crippen MR) is 73.9 cm³/mol. The molecule has 1 aromatic rings. The summed E-state index contributed by atoms with van der Waals surface area (Å²) in [5.74, 6) is 0.207. The van der Waals surface area contributed by atoms with E-state index in [2.05, 4.69) is 0 Å². The van der Waals surface area contributed by atoms with E-state index in [1.807, 2.05) is 30.3 Å². The minimum absolute atomic E-state index is 0.0330. The molecular formula is C16H19NO2. The zero-order chi connectivity index (χ0) is 13.3. The lowest BCUT2D eigenvalue weighted by atomic mass is 9.78. The second-order valence-corrected chi connectivity index (χ2v) is 5.61. The highest BCUT2D eigenvalue weighted by Crippen LogP contribution is 2.42. The van der Waals surface area contributed by atoms with E-state index in [0.717, 1.165) is 31.4 Å². The van der Waals surface area contributed by atoms with E-state index in [9.17, 15) is 9.59 Å². The highest BCUT2D eigenvalue weighted by atomic mass is 16.2. The van der Waals surface area contributed by atoms with E-state index >= 15 is 0 Å². The van der Waals surface area contributed by atoms with Crippen molar-refractivity contribution in [2.75, 3.05) is 11.4 Å². The molecule has 1 aliphatic carbocycles. The zero-order valence-corrected chi connectivity index (χ0v) is 11.1. The van der Waals surface area contributed by atoms with Gasteiger partial charge in [-0.25, -0.2) is 0 Å². The second kappa shape index (κ2) is 4.80. The Morgan fingerprint density at radius 2 is 1.74 bits per heavy atom. The number of carbonyl (C=O) groups is 2. The predicted octanol–water partition coefficient (Wildman–Crippen LogP) is 2.94. The molecule has 1 atom stereocenters. The van der Waals surface area contributed by atoms with Gasteiger partial charge in [0.25, 0.3) is 0 Å². The SMILES string of the molecule is O=C1CCCCCC12CCN(c1ccccc1)C2=O. The minimum atomic E-state index is -0.702. The van der Waals surface area contributed by atoms with Crippen molar-refractivity contribution in [3.8, 4) is 0 Å². The van der Waals surface area contributed by atoms with Gasteiger partial charge in [-0.05, 0) is 31.4 Å². The van der Waals surface area contributed by atoms with Crippen molar-refractivity contribution in [2.24, 2.45) is 5.41 Å². The lowest BCUT2D eigenvalue weighted by Gasteiger charge is -2.25. The molecule has 1 amide bonds. The molecule has 2 fully saturated rings. The Morgan fingerprint density at radius 3 is 2.53 bits per heavy atom. The van der Waals surface area contributed by atoms with Crippen LogP contribution in [0.1, 0.15) is 38.5 Å². The van der Waals surface area contributed by atoms with Gasteiger partial charge in [-0.3, -0.25) is 9.59 Å². The maximum absolute atomic E-state index is 12.8. The van der Waals surface area contributed by atoms with Crippen LogP contribution in [0.15, 0.2) is 30.3 Å². The van der Waals surface area contributed by atoms with Crippen molar-refractivity contribution >= 4 is 17.4 Å². The van der Waals surface area contributed by atoms with Gasteiger partial charge in [-0.2, -0.15) is 0 Å². The van der Waals surface area contributed by atoms with E-state index < -0.39 is 5.41 Å². The van der Waals surface area contributed by atoms with Gasteiger partial charge < -0.3 is 4.90 Å². The third kappa shape index (κ3) is 1.97. The van der Waals surface area contributed by atoms with Gasteiger partial charge in [0.05, 0.1) is 0 Å². The van der Waals surface area contributed by atoms with E-state index in [1.165, 1.54) is 0 Å². The van der Waals surface area contributed by atoms with E-state index in [0.29, 0.717) is 19.4 Å². The molecule has 1 heterocycles. The van der Waals surface area contributed by atoms with Crippen LogP contribution in [-0.2, 0) is 9.59 Å². The first-order valence-corrected chi connectivity index (χ1v) is 7.14. The first kappa shape index (κ1) is 12.4. The number of hydrogen-bond donors (Lipinski definition) is 0. The maximum Gasteiger partial charge on any atom is 0.240 e. The Bertz CT molecular complexity index is 497. The summed E-state index contributed by atoms with van der Waals surface area (Å²) >= 11 is 0. The number of rotatable bonds is 1. The molecule has 1 aliphatic heterocycles. The van der Waals surface area contributed by atoms with Crippen molar-refractivity contribution in [3.63, 3.8) is 0 Å². The smallest absolute Gasteiger partial charge is 0.240 e. The van der Waals surface area contributed by atoms with Crippen LogP contribution in [-0.4, -0.2) is 18.2 Å². The summed E-state index contributed by atoms with van der Waals surface area (Å²) in [6, 6.07) is 9.69. The van der Waals surface area contributed by atoms with Crippen molar-refractivity contribution in [1.82, 2.24) is 0 Å². The fraction of sp³-hybridized carbons (Fsp3) is 0.500. The van der Waals surface area contributed by atoms with Gasteiger partial charge in [0.2, 0.25) is 5.91 Å². The quantitative estimate of drug-likeness (QED) is 0.725. The zero-order valence-electron chi connectivity index (χ0n) is 11.1. The largest absolute Gasteiger partial charge is 0.312 e. The van der Waals surface area contributed by atoms with E-state index in [4.69, 9.17) is 0 Å². The van der Waals surface area contributed by atoms with Gasteiger partial charge in [-0.1, -0.05) is 31.0 Å². The molecule has 1 unspecified atom stereocenters. The Kier molecular flexibility index (Phi) is 3.13. The fourth-order valence-electron chi connectivity index (χ4n) is 3.38. The third-order valence-corrected chi connectivity index (χ3v) is 4.53. The van der Waals surface area contributed by atoms with Crippen LogP contribution in [0.25, 0.3) is 0 Å². The topological polar surface area (TPSA) is 37.4 Å². The molecule has 2 aliphatic rings. The lowest BCUT2D eigenvalue weighted by Crippen LogP contribution is -2.40. The molecule has 0 aromatic heterocycles. The molecule has 1 saturated heterocycles. The highest BCUT2D eigenvalue weighted by molar-refractivity contribution is 6.14. The second-order valence-electron chi connectivity index (χ2n) is 5.61. The van der Waals surface area contributed by atoms with Crippen LogP contribution < -0.4 is 4.90 Å². The normalized spacial score (nSPS) is 27.9. The molecule has 1 saturated carbocycles. The number of hydrogen-bond acceptors (Lipinski definition) is 2. The maximum atomic E-state index is 12.8. The summed E-state index contributed by atoms with van der Waals surface area (Å²) in [6.45, 7) is 0.675. The Morgan fingerprint density at radius 1 is 0.947 bits per heavy atom. The van der Waals surface area contributed by atoms with Gasteiger partial charge in [0.15, 0.2) is 0 Å². The molecular weight excluding hydrogens is 238 g/mol. The molecule has 100 valence electrons. The van der Waals surface area contributed by atoms with Crippen LogP contribution in [0.3, 0.4) is 0 Å². The Balaban J connectivity index is 1.91. The first-order chi connectivity index (χ1) is 9.24.